The van der Waals surface area contributed by atoms with E-state index in [1.54, 1.807) is 11.3 Å². The van der Waals surface area contributed by atoms with Crippen molar-refractivity contribution in [2.24, 2.45) is 5.92 Å². The maximum absolute atomic E-state index is 11.9. The predicted octanol–water partition coefficient (Wildman–Crippen LogP) is 1.35. The Morgan fingerprint density at radius 1 is 1.22 bits per heavy atom. The third kappa shape index (κ3) is 6.68. The van der Waals surface area contributed by atoms with Gasteiger partial charge in [-0.3, -0.25) is 15.0 Å². The van der Waals surface area contributed by atoms with Crippen molar-refractivity contribution in [3.8, 4) is 0 Å². The van der Waals surface area contributed by atoms with Crippen LogP contribution in [0.4, 0.5) is 4.79 Å². The van der Waals surface area contributed by atoms with Crippen LogP contribution in [-0.4, -0.2) is 61.0 Å². The fourth-order valence-corrected chi connectivity index (χ4v) is 3.28. The van der Waals surface area contributed by atoms with Crippen LogP contribution in [0.2, 0.25) is 0 Å². The number of carbonyl (C=O) groups excluding carboxylic acids is 2. The molecule has 2 rings (SSSR count). The average molecular weight is 338 g/mol. The Balaban J connectivity index is 1.62. The van der Waals surface area contributed by atoms with E-state index in [1.165, 1.54) is 0 Å². The van der Waals surface area contributed by atoms with E-state index in [2.05, 4.69) is 34.3 Å². The van der Waals surface area contributed by atoms with Gasteiger partial charge in [-0.2, -0.15) is 0 Å². The predicted molar refractivity (Wildman–Crippen MR) is 92.4 cm³/mol. The zero-order valence-electron chi connectivity index (χ0n) is 13.9. The SMILES string of the molecule is CC(C)CN1CCN(CC(=O)NC(=O)NCc2cccs2)CC1. The van der Waals surface area contributed by atoms with E-state index in [0.717, 1.165) is 37.6 Å². The van der Waals surface area contributed by atoms with Gasteiger partial charge in [-0.1, -0.05) is 19.9 Å². The summed E-state index contributed by atoms with van der Waals surface area (Å²) in [6.07, 6.45) is 0. The van der Waals surface area contributed by atoms with E-state index in [9.17, 15) is 9.59 Å². The van der Waals surface area contributed by atoms with Gasteiger partial charge in [-0.25, -0.2) is 4.79 Å². The molecule has 0 aliphatic carbocycles. The molecule has 1 aliphatic rings. The number of imide groups is 1. The first-order chi connectivity index (χ1) is 11.0. The van der Waals surface area contributed by atoms with Crippen molar-refractivity contribution in [1.29, 1.82) is 0 Å². The normalized spacial score (nSPS) is 16.5. The summed E-state index contributed by atoms with van der Waals surface area (Å²) in [5, 5.41) is 7.05. The Morgan fingerprint density at radius 3 is 2.52 bits per heavy atom. The third-order valence-corrected chi connectivity index (χ3v) is 4.59. The van der Waals surface area contributed by atoms with E-state index in [4.69, 9.17) is 0 Å². The number of nitrogens with one attached hydrogen (secondary N) is 2. The molecule has 23 heavy (non-hydrogen) atoms. The van der Waals surface area contributed by atoms with E-state index < -0.39 is 6.03 Å². The van der Waals surface area contributed by atoms with E-state index in [1.807, 2.05) is 17.5 Å². The molecule has 1 saturated heterocycles. The third-order valence-electron chi connectivity index (χ3n) is 3.71. The molecule has 2 heterocycles. The van der Waals surface area contributed by atoms with Gasteiger partial charge in [0.05, 0.1) is 13.1 Å². The minimum Gasteiger partial charge on any atom is -0.333 e. The second kappa shape index (κ2) is 9.00. The van der Waals surface area contributed by atoms with Gasteiger partial charge in [0.15, 0.2) is 0 Å². The van der Waals surface area contributed by atoms with Crippen molar-refractivity contribution >= 4 is 23.3 Å². The first-order valence-electron chi connectivity index (χ1n) is 8.07. The number of amides is 3. The van der Waals surface area contributed by atoms with Crippen molar-refractivity contribution in [2.75, 3.05) is 39.3 Å². The number of thiophene rings is 1. The Labute approximate surface area is 141 Å². The van der Waals surface area contributed by atoms with Crippen molar-refractivity contribution < 1.29 is 9.59 Å². The molecule has 1 fully saturated rings. The number of nitrogens with zero attached hydrogens (tertiary/aromatic N) is 2. The highest BCUT2D eigenvalue weighted by molar-refractivity contribution is 7.09. The van der Waals surface area contributed by atoms with Crippen LogP contribution >= 0.6 is 11.3 Å². The number of carbonyl (C=O) groups is 2. The van der Waals surface area contributed by atoms with Gasteiger partial charge in [-0.15, -0.1) is 11.3 Å². The van der Waals surface area contributed by atoms with Gasteiger partial charge in [0, 0.05) is 37.6 Å². The van der Waals surface area contributed by atoms with Crippen LogP contribution in [0.1, 0.15) is 18.7 Å². The van der Waals surface area contributed by atoms with Crippen LogP contribution in [-0.2, 0) is 11.3 Å². The monoisotopic (exact) mass is 338 g/mol. The fraction of sp³-hybridized carbons (Fsp3) is 0.625. The molecule has 6 nitrogen and oxygen atoms in total. The zero-order chi connectivity index (χ0) is 16.7. The van der Waals surface area contributed by atoms with Crippen LogP contribution in [0.5, 0.6) is 0 Å². The van der Waals surface area contributed by atoms with Crippen LogP contribution in [0.15, 0.2) is 17.5 Å². The molecule has 2 N–H and O–H groups in total. The topological polar surface area (TPSA) is 64.7 Å². The average Bonchev–Trinajstić information content (AvgIpc) is 3.00. The van der Waals surface area contributed by atoms with Crippen molar-refractivity contribution in [3.05, 3.63) is 22.4 Å². The summed E-state index contributed by atoms with van der Waals surface area (Å²) < 4.78 is 0. The minimum absolute atomic E-state index is 0.244. The largest absolute Gasteiger partial charge is 0.333 e. The number of piperazine rings is 1. The standard InChI is InChI=1S/C16H26N4O2S/c1-13(2)11-19-5-7-20(8-6-19)12-15(21)18-16(22)17-10-14-4-3-9-23-14/h3-4,9,13H,5-8,10-12H2,1-2H3,(H2,17,18,21,22). The van der Waals surface area contributed by atoms with Gasteiger partial charge in [0.1, 0.15) is 0 Å². The summed E-state index contributed by atoms with van der Waals surface area (Å²) in [5.41, 5.74) is 0. The van der Waals surface area contributed by atoms with Crippen LogP contribution in [0, 0.1) is 5.92 Å². The summed E-state index contributed by atoms with van der Waals surface area (Å²) in [6, 6.07) is 3.45. The Kier molecular flexibility index (Phi) is 7.01. The maximum Gasteiger partial charge on any atom is 0.321 e. The second-order valence-electron chi connectivity index (χ2n) is 6.28. The van der Waals surface area contributed by atoms with Gasteiger partial charge in [0.25, 0.3) is 0 Å². The van der Waals surface area contributed by atoms with Gasteiger partial charge < -0.3 is 10.2 Å². The highest BCUT2D eigenvalue weighted by atomic mass is 32.1. The van der Waals surface area contributed by atoms with Gasteiger partial charge >= 0.3 is 6.03 Å². The Morgan fingerprint density at radius 2 is 1.91 bits per heavy atom. The first kappa shape index (κ1) is 17.9. The smallest absolute Gasteiger partial charge is 0.321 e. The van der Waals surface area contributed by atoms with Crippen LogP contribution in [0.3, 0.4) is 0 Å². The van der Waals surface area contributed by atoms with Crippen molar-refractivity contribution in [1.82, 2.24) is 20.4 Å². The van der Waals surface area contributed by atoms with Crippen molar-refractivity contribution in [2.45, 2.75) is 20.4 Å². The van der Waals surface area contributed by atoms with Crippen LogP contribution < -0.4 is 10.6 Å². The molecule has 0 radical (unpaired) electrons. The fourth-order valence-electron chi connectivity index (χ4n) is 2.64. The van der Waals surface area contributed by atoms with E-state index >= 15 is 0 Å². The van der Waals surface area contributed by atoms with E-state index in [0.29, 0.717) is 12.5 Å². The molecule has 0 saturated carbocycles. The molecule has 1 aliphatic heterocycles. The molecule has 128 valence electrons. The lowest BCUT2D eigenvalue weighted by molar-refractivity contribution is -0.121. The number of rotatable bonds is 6. The molecule has 0 spiro atoms. The number of hydrogen-bond acceptors (Lipinski definition) is 5. The highest BCUT2D eigenvalue weighted by Crippen LogP contribution is 2.07. The molecule has 0 bridgehead atoms. The maximum atomic E-state index is 11.9. The molecular formula is C16H26N4O2S. The lowest BCUT2D eigenvalue weighted by Gasteiger charge is -2.35. The van der Waals surface area contributed by atoms with E-state index in [-0.39, 0.29) is 12.5 Å². The molecule has 1 aromatic rings. The summed E-state index contributed by atoms with van der Waals surface area (Å²) in [7, 11) is 0. The van der Waals surface area contributed by atoms with Gasteiger partial charge in [-0.05, 0) is 17.4 Å². The highest BCUT2D eigenvalue weighted by Gasteiger charge is 2.20. The molecule has 7 heteroatoms. The quantitative estimate of drug-likeness (QED) is 0.822. The summed E-state index contributed by atoms with van der Waals surface area (Å²) in [5.74, 6) is 0.419. The molecule has 0 aromatic carbocycles. The van der Waals surface area contributed by atoms with Gasteiger partial charge in [0.2, 0.25) is 5.91 Å². The van der Waals surface area contributed by atoms with Crippen molar-refractivity contribution in [3.63, 3.8) is 0 Å². The number of urea groups is 1. The second-order valence-corrected chi connectivity index (χ2v) is 7.31. The summed E-state index contributed by atoms with van der Waals surface area (Å²) in [6.45, 7) is 9.97. The Bertz CT molecular complexity index is 496. The van der Waals surface area contributed by atoms with Crippen LogP contribution in [0.25, 0.3) is 0 Å². The Hall–Kier alpha value is -1.44. The molecule has 1 aromatic heterocycles. The molecular weight excluding hydrogens is 312 g/mol. The molecule has 3 amide bonds. The number of hydrogen-bond donors (Lipinski definition) is 2. The minimum atomic E-state index is -0.429. The first-order valence-corrected chi connectivity index (χ1v) is 8.95. The molecule has 0 unspecified atom stereocenters. The zero-order valence-corrected chi connectivity index (χ0v) is 14.7. The summed E-state index contributed by atoms with van der Waals surface area (Å²) >= 11 is 1.58. The molecule has 0 atom stereocenters. The summed E-state index contributed by atoms with van der Waals surface area (Å²) in [4.78, 5) is 29.2. The lowest BCUT2D eigenvalue weighted by Crippen LogP contribution is -2.51. The lowest BCUT2D eigenvalue weighted by atomic mass is 10.2.